The van der Waals surface area contributed by atoms with Gasteiger partial charge in [0.15, 0.2) is 0 Å². The van der Waals surface area contributed by atoms with E-state index >= 15 is 0 Å². The largest absolute Gasteiger partial charge is 0.391 e. The lowest BCUT2D eigenvalue weighted by molar-refractivity contribution is -0.182. The van der Waals surface area contributed by atoms with Crippen LogP contribution in [0.2, 0.25) is 0 Å². The highest BCUT2D eigenvalue weighted by Crippen LogP contribution is 2.38. The second-order valence-corrected chi connectivity index (χ2v) is 5.64. The molecule has 1 saturated carbocycles. The highest BCUT2D eigenvalue weighted by molar-refractivity contribution is 5.93. The number of alkyl halides is 3. The van der Waals surface area contributed by atoms with Crippen molar-refractivity contribution in [1.82, 2.24) is 4.98 Å². The predicted molar refractivity (Wildman–Crippen MR) is 77.2 cm³/mol. The predicted octanol–water partition coefficient (Wildman–Crippen LogP) is 4.77. The molecule has 5 heteroatoms. The Morgan fingerprint density at radius 2 is 1.81 bits per heavy atom. The molecule has 0 unspecified atom stereocenters. The molecular weight excluding hydrogens is 277 g/mol. The SMILES string of the molecule is FC(F)(F)C1CCC(Nc2cccc3ccncc23)CC1. The number of hydrogen-bond donors (Lipinski definition) is 1. The molecular formula is C16H17F3N2. The summed E-state index contributed by atoms with van der Waals surface area (Å²) in [7, 11) is 0. The molecule has 1 fully saturated rings. The van der Waals surface area contributed by atoms with Crippen LogP contribution >= 0.6 is 0 Å². The lowest BCUT2D eigenvalue weighted by Gasteiger charge is -2.31. The zero-order valence-corrected chi connectivity index (χ0v) is 11.5. The fourth-order valence-corrected chi connectivity index (χ4v) is 3.02. The number of nitrogens with zero attached hydrogens (tertiary/aromatic N) is 1. The van der Waals surface area contributed by atoms with Gasteiger partial charge in [0, 0.05) is 29.5 Å². The first-order chi connectivity index (χ1) is 10.0. The molecule has 0 saturated heterocycles. The van der Waals surface area contributed by atoms with Crippen LogP contribution in [-0.4, -0.2) is 17.2 Å². The van der Waals surface area contributed by atoms with Crippen molar-refractivity contribution in [1.29, 1.82) is 0 Å². The molecule has 1 aromatic carbocycles. The van der Waals surface area contributed by atoms with Gasteiger partial charge in [0.1, 0.15) is 0 Å². The van der Waals surface area contributed by atoms with E-state index in [1.165, 1.54) is 0 Å². The Labute approximate surface area is 121 Å². The number of nitrogens with one attached hydrogen (secondary N) is 1. The third kappa shape index (κ3) is 3.12. The maximum absolute atomic E-state index is 12.7. The second kappa shape index (κ2) is 5.54. The van der Waals surface area contributed by atoms with Crippen LogP contribution in [-0.2, 0) is 0 Å². The van der Waals surface area contributed by atoms with E-state index in [0.29, 0.717) is 12.8 Å². The normalized spacial score (nSPS) is 23.2. The van der Waals surface area contributed by atoms with Gasteiger partial charge >= 0.3 is 6.18 Å². The van der Waals surface area contributed by atoms with Crippen LogP contribution in [0, 0.1) is 5.92 Å². The summed E-state index contributed by atoms with van der Waals surface area (Å²) < 4.78 is 38.0. The van der Waals surface area contributed by atoms with E-state index in [1.54, 1.807) is 12.4 Å². The topological polar surface area (TPSA) is 24.9 Å². The van der Waals surface area contributed by atoms with Gasteiger partial charge in [-0.25, -0.2) is 0 Å². The first kappa shape index (κ1) is 14.2. The van der Waals surface area contributed by atoms with Gasteiger partial charge in [-0.3, -0.25) is 4.98 Å². The second-order valence-electron chi connectivity index (χ2n) is 5.64. The Balaban J connectivity index is 1.70. The number of anilines is 1. The highest BCUT2D eigenvalue weighted by atomic mass is 19.4. The van der Waals surface area contributed by atoms with Crippen molar-refractivity contribution in [3.05, 3.63) is 36.7 Å². The number of benzene rings is 1. The van der Waals surface area contributed by atoms with E-state index in [0.717, 1.165) is 16.5 Å². The molecule has 0 bridgehead atoms. The Hall–Kier alpha value is -1.78. The van der Waals surface area contributed by atoms with E-state index in [4.69, 9.17) is 0 Å². The molecule has 0 amide bonds. The highest BCUT2D eigenvalue weighted by Gasteiger charge is 2.41. The molecule has 112 valence electrons. The van der Waals surface area contributed by atoms with Crippen LogP contribution in [0.25, 0.3) is 10.8 Å². The smallest absolute Gasteiger partial charge is 0.382 e. The van der Waals surface area contributed by atoms with Crippen LogP contribution in [0.4, 0.5) is 18.9 Å². The Morgan fingerprint density at radius 1 is 1.05 bits per heavy atom. The molecule has 1 aliphatic rings. The lowest BCUT2D eigenvalue weighted by Crippen LogP contribution is -2.32. The number of pyridine rings is 1. The fourth-order valence-electron chi connectivity index (χ4n) is 3.02. The average Bonchev–Trinajstić information content (AvgIpc) is 2.47. The van der Waals surface area contributed by atoms with Crippen LogP contribution in [0.15, 0.2) is 36.7 Å². The summed E-state index contributed by atoms with van der Waals surface area (Å²) in [5, 5.41) is 5.48. The summed E-state index contributed by atoms with van der Waals surface area (Å²) in [6.07, 6.45) is 1.02. The molecule has 0 radical (unpaired) electrons. The van der Waals surface area contributed by atoms with Gasteiger partial charge in [0.25, 0.3) is 0 Å². The molecule has 0 aliphatic heterocycles. The van der Waals surface area contributed by atoms with Gasteiger partial charge in [0.05, 0.1) is 5.92 Å². The maximum atomic E-state index is 12.7. The minimum absolute atomic E-state index is 0.106. The van der Waals surface area contributed by atoms with Gasteiger partial charge in [-0.15, -0.1) is 0 Å². The molecule has 3 rings (SSSR count). The van der Waals surface area contributed by atoms with Crippen LogP contribution in [0.3, 0.4) is 0 Å². The van der Waals surface area contributed by atoms with E-state index in [-0.39, 0.29) is 18.9 Å². The standard InChI is InChI=1S/C16H17F3N2/c17-16(18,19)12-4-6-13(7-5-12)21-15-3-1-2-11-8-9-20-10-14(11)15/h1-3,8-10,12-13,21H,4-7H2. The first-order valence-corrected chi connectivity index (χ1v) is 7.20. The Kier molecular flexibility index (Phi) is 3.74. The summed E-state index contributed by atoms with van der Waals surface area (Å²) in [5.41, 5.74) is 0.955. The first-order valence-electron chi connectivity index (χ1n) is 7.20. The third-order valence-corrected chi connectivity index (χ3v) is 4.23. The van der Waals surface area contributed by atoms with Gasteiger partial charge in [0.2, 0.25) is 0 Å². The Morgan fingerprint density at radius 3 is 2.52 bits per heavy atom. The molecule has 2 aromatic rings. The lowest BCUT2D eigenvalue weighted by atomic mass is 9.85. The van der Waals surface area contributed by atoms with Gasteiger partial charge in [-0.1, -0.05) is 12.1 Å². The van der Waals surface area contributed by atoms with Crippen LogP contribution < -0.4 is 5.32 Å². The van der Waals surface area contributed by atoms with Crippen molar-refractivity contribution < 1.29 is 13.2 Å². The summed E-state index contributed by atoms with van der Waals surface area (Å²) in [6.45, 7) is 0. The molecule has 0 spiro atoms. The number of hydrogen-bond acceptors (Lipinski definition) is 2. The van der Waals surface area contributed by atoms with Crippen molar-refractivity contribution >= 4 is 16.5 Å². The molecule has 21 heavy (non-hydrogen) atoms. The Bertz CT molecular complexity index is 611. The number of halogens is 3. The number of aromatic nitrogens is 1. The minimum Gasteiger partial charge on any atom is -0.382 e. The minimum atomic E-state index is -4.05. The van der Waals surface area contributed by atoms with Crippen molar-refractivity contribution in [2.75, 3.05) is 5.32 Å². The average molecular weight is 294 g/mol. The van der Waals surface area contributed by atoms with Crippen LogP contribution in [0.5, 0.6) is 0 Å². The van der Waals surface area contributed by atoms with E-state index in [2.05, 4.69) is 10.3 Å². The quantitative estimate of drug-likeness (QED) is 0.863. The van der Waals surface area contributed by atoms with Crippen molar-refractivity contribution in [3.63, 3.8) is 0 Å². The molecule has 1 aliphatic carbocycles. The number of fused-ring (bicyclic) bond motifs is 1. The molecule has 0 atom stereocenters. The van der Waals surface area contributed by atoms with E-state index in [1.807, 2.05) is 24.3 Å². The van der Waals surface area contributed by atoms with Crippen molar-refractivity contribution in [2.24, 2.45) is 5.92 Å². The molecule has 1 N–H and O–H groups in total. The maximum Gasteiger partial charge on any atom is 0.391 e. The summed E-state index contributed by atoms with van der Waals surface area (Å²) >= 11 is 0. The molecule has 1 aromatic heterocycles. The fraction of sp³-hybridized carbons (Fsp3) is 0.438. The molecule has 2 nitrogen and oxygen atoms in total. The third-order valence-electron chi connectivity index (χ3n) is 4.23. The monoisotopic (exact) mass is 294 g/mol. The van der Waals surface area contributed by atoms with Gasteiger partial charge in [-0.05, 0) is 43.2 Å². The van der Waals surface area contributed by atoms with Gasteiger partial charge < -0.3 is 5.32 Å². The van der Waals surface area contributed by atoms with E-state index < -0.39 is 12.1 Å². The van der Waals surface area contributed by atoms with Gasteiger partial charge in [-0.2, -0.15) is 13.2 Å². The number of rotatable bonds is 2. The zero-order chi connectivity index (χ0) is 14.9. The summed E-state index contributed by atoms with van der Waals surface area (Å²) in [5.74, 6) is -1.13. The van der Waals surface area contributed by atoms with Crippen molar-refractivity contribution in [3.8, 4) is 0 Å². The van der Waals surface area contributed by atoms with Crippen molar-refractivity contribution in [2.45, 2.75) is 37.9 Å². The van der Waals surface area contributed by atoms with E-state index in [9.17, 15) is 13.2 Å². The summed E-state index contributed by atoms with van der Waals surface area (Å²) in [4.78, 5) is 4.12. The zero-order valence-electron chi connectivity index (χ0n) is 11.5. The van der Waals surface area contributed by atoms with Crippen LogP contribution in [0.1, 0.15) is 25.7 Å². The molecule has 1 heterocycles. The summed E-state index contributed by atoms with van der Waals surface area (Å²) in [6, 6.07) is 7.95.